The van der Waals surface area contributed by atoms with E-state index in [9.17, 15) is 14.7 Å². The summed E-state index contributed by atoms with van der Waals surface area (Å²) in [5.74, 6) is -0.413. The van der Waals surface area contributed by atoms with Gasteiger partial charge in [0.05, 0.1) is 5.56 Å². The number of amidine groups is 1. The molecule has 1 aliphatic heterocycles. The quantitative estimate of drug-likeness (QED) is 0.864. The summed E-state index contributed by atoms with van der Waals surface area (Å²) in [6.45, 7) is 5.54. The van der Waals surface area contributed by atoms with Gasteiger partial charge in [0.15, 0.2) is 5.84 Å². The summed E-state index contributed by atoms with van der Waals surface area (Å²) in [6, 6.07) is 1.58. The number of amides is 1. The number of hydrogen-bond donors (Lipinski definition) is 2. The third kappa shape index (κ3) is 2.85. The van der Waals surface area contributed by atoms with Crippen LogP contribution in [-0.2, 0) is 10.5 Å². The second-order valence-corrected chi connectivity index (χ2v) is 6.56. The average molecular weight is 321 g/mol. The van der Waals surface area contributed by atoms with E-state index in [1.165, 1.54) is 0 Å². The third-order valence-corrected chi connectivity index (χ3v) is 4.49. The molecule has 1 aliphatic rings. The summed E-state index contributed by atoms with van der Waals surface area (Å²) in [4.78, 5) is 32.3. The van der Waals surface area contributed by atoms with Crippen LogP contribution in [0.25, 0.3) is 0 Å². The van der Waals surface area contributed by atoms with E-state index in [1.54, 1.807) is 30.9 Å². The maximum atomic E-state index is 12.2. The summed E-state index contributed by atoms with van der Waals surface area (Å²) in [5.41, 5.74) is 0.184. The minimum absolute atomic E-state index is 0.00552. The van der Waals surface area contributed by atoms with Crippen molar-refractivity contribution in [1.29, 1.82) is 0 Å². The number of hydrogen-bond acceptors (Lipinski definition) is 5. The van der Waals surface area contributed by atoms with Crippen molar-refractivity contribution < 1.29 is 14.7 Å². The molecule has 6 nitrogen and oxygen atoms in total. The molecule has 7 heteroatoms. The fourth-order valence-electron chi connectivity index (χ4n) is 2.15. The van der Waals surface area contributed by atoms with Crippen LogP contribution in [0.5, 0.6) is 0 Å². The molecule has 0 aromatic carbocycles. The largest absolute Gasteiger partial charge is 0.478 e. The Balaban J connectivity index is 2.49. The van der Waals surface area contributed by atoms with E-state index in [2.05, 4.69) is 15.3 Å². The van der Waals surface area contributed by atoms with Crippen LogP contribution >= 0.6 is 11.8 Å². The lowest BCUT2D eigenvalue weighted by Crippen LogP contribution is -2.41. The van der Waals surface area contributed by atoms with Crippen LogP contribution in [0.1, 0.15) is 42.4 Å². The van der Waals surface area contributed by atoms with Crippen molar-refractivity contribution in [2.75, 3.05) is 6.26 Å². The standard InChI is InChI=1S/C15H19N3O3S/c1-8(2)15(3)14(21)17-12(18-15)11-10(13(19)20)5-9(6-16-11)7-22-4/h5-6,8H,7H2,1-4H3,(H,19,20)(H,17,18,21). The van der Waals surface area contributed by atoms with E-state index in [0.717, 1.165) is 5.56 Å². The fraction of sp³-hybridized carbons (Fsp3) is 0.467. The van der Waals surface area contributed by atoms with E-state index in [0.29, 0.717) is 5.75 Å². The smallest absolute Gasteiger partial charge is 0.338 e. The summed E-state index contributed by atoms with van der Waals surface area (Å²) < 4.78 is 0. The molecule has 0 saturated heterocycles. The molecule has 0 saturated carbocycles. The minimum Gasteiger partial charge on any atom is -0.478 e. The maximum Gasteiger partial charge on any atom is 0.338 e. The van der Waals surface area contributed by atoms with Crippen LogP contribution in [0.3, 0.4) is 0 Å². The first kappa shape index (κ1) is 16.5. The average Bonchev–Trinajstić information content (AvgIpc) is 2.76. The molecule has 1 aromatic heterocycles. The molecule has 2 heterocycles. The highest BCUT2D eigenvalue weighted by molar-refractivity contribution is 7.97. The number of carboxylic acids is 1. The highest BCUT2D eigenvalue weighted by Crippen LogP contribution is 2.27. The molecule has 1 atom stereocenters. The number of thioether (sulfide) groups is 1. The lowest BCUT2D eigenvalue weighted by Gasteiger charge is -2.21. The van der Waals surface area contributed by atoms with Crippen LogP contribution in [0.15, 0.2) is 17.3 Å². The lowest BCUT2D eigenvalue weighted by atomic mass is 9.89. The number of pyridine rings is 1. The summed E-state index contributed by atoms with van der Waals surface area (Å²) >= 11 is 1.58. The first-order valence-corrected chi connectivity index (χ1v) is 8.31. The molecule has 2 rings (SSSR count). The van der Waals surface area contributed by atoms with Crippen LogP contribution in [-0.4, -0.2) is 39.6 Å². The Bertz CT molecular complexity index is 657. The first-order valence-electron chi connectivity index (χ1n) is 6.92. The Kier molecular flexibility index (Phi) is 4.55. The molecule has 118 valence electrons. The van der Waals surface area contributed by atoms with Gasteiger partial charge in [-0.3, -0.25) is 9.78 Å². The molecule has 0 fully saturated rings. The SMILES string of the molecule is CSCc1cnc(C2=NC(C)(C(C)C)C(=O)N2)c(C(=O)O)c1. The van der Waals surface area contributed by atoms with E-state index in [4.69, 9.17) is 0 Å². The Morgan fingerprint density at radius 1 is 1.50 bits per heavy atom. The number of carbonyl (C=O) groups is 2. The Hall–Kier alpha value is -1.89. The second-order valence-electron chi connectivity index (χ2n) is 5.69. The van der Waals surface area contributed by atoms with Gasteiger partial charge in [0.1, 0.15) is 11.2 Å². The molecule has 1 amide bonds. The molecular weight excluding hydrogens is 302 g/mol. The van der Waals surface area contributed by atoms with Gasteiger partial charge < -0.3 is 10.4 Å². The lowest BCUT2D eigenvalue weighted by molar-refractivity contribution is -0.124. The highest BCUT2D eigenvalue weighted by atomic mass is 32.2. The highest BCUT2D eigenvalue weighted by Gasteiger charge is 2.43. The van der Waals surface area contributed by atoms with Crippen LogP contribution in [0.4, 0.5) is 0 Å². The predicted octanol–water partition coefficient (Wildman–Crippen LogP) is 1.93. The van der Waals surface area contributed by atoms with Gasteiger partial charge in [0.2, 0.25) is 0 Å². The molecule has 0 spiro atoms. The van der Waals surface area contributed by atoms with Gasteiger partial charge in [-0.25, -0.2) is 9.79 Å². The van der Waals surface area contributed by atoms with Crippen molar-refractivity contribution in [2.45, 2.75) is 32.1 Å². The van der Waals surface area contributed by atoms with E-state index in [1.807, 2.05) is 20.1 Å². The van der Waals surface area contributed by atoms with Gasteiger partial charge in [0.25, 0.3) is 5.91 Å². The zero-order valence-electron chi connectivity index (χ0n) is 13.0. The molecule has 1 aromatic rings. The minimum atomic E-state index is -1.08. The second kappa shape index (κ2) is 6.08. The molecule has 2 N–H and O–H groups in total. The summed E-state index contributed by atoms with van der Waals surface area (Å²) in [6.07, 6.45) is 3.56. The fourth-order valence-corrected chi connectivity index (χ4v) is 2.65. The number of carbonyl (C=O) groups excluding carboxylic acids is 1. The molecule has 22 heavy (non-hydrogen) atoms. The predicted molar refractivity (Wildman–Crippen MR) is 86.3 cm³/mol. The van der Waals surface area contributed by atoms with Gasteiger partial charge in [-0.1, -0.05) is 13.8 Å². The molecule has 1 unspecified atom stereocenters. The number of aromatic carboxylic acids is 1. The van der Waals surface area contributed by atoms with Crippen molar-refractivity contribution in [3.8, 4) is 0 Å². The zero-order chi connectivity index (χ0) is 16.5. The third-order valence-electron chi connectivity index (χ3n) is 3.87. The monoisotopic (exact) mass is 321 g/mol. The van der Waals surface area contributed by atoms with Gasteiger partial charge in [0, 0.05) is 11.9 Å². The number of nitrogens with zero attached hydrogens (tertiary/aromatic N) is 2. The normalized spacial score (nSPS) is 21.0. The zero-order valence-corrected chi connectivity index (χ0v) is 13.8. The number of aliphatic imine (C=N–C) groups is 1. The molecule has 0 bridgehead atoms. The van der Waals surface area contributed by atoms with E-state index in [-0.39, 0.29) is 28.9 Å². The number of rotatable bonds is 5. The van der Waals surface area contributed by atoms with E-state index < -0.39 is 11.5 Å². The Labute approximate surface area is 133 Å². The Morgan fingerprint density at radius 2 is 2.18 bits per heavy atom. The summed E-state index contributed by atoms with van der Waals surface area (Å²) in [7, 11) is 0. The van der Waals surface area contributed by atoms with E-state index >= 15 is 0 Å². The Morgan fingerprint density at radius 3 is 2.68 bits per heavy atom. The van der Waals surface area contributed by atoms with Crippen LogP contribution in [0, 0.1) is 5.92 Å². The number of carboxylic acid groups (broad SMARTS) is 1. The van der Waals surface area contributed by atoms with Crippen molar-refractivity contribution >= 4 is 29.5 Å². The summed E-state index contributed by atoms with van der Waals surface area (Å²) in [5, 5.41) is 12.1. The first-order chi connectivity index (χ1) is 10.3. The number of aromatic nitrogens is 1. The van der Waals surface area contributed by atoms with Crippen LogP contribution in [0.2, 0.25) is 0 Å². The van der Waals surface area contributed by atoms with Gasteiger partial charge in [-0.15, -0.1) is 0 Å². The van der Waals surface area contributed by atoms with Crippen molar-refractivity contribution in [1.82, 2.24) is 10.3 Å². The molecular formula is C15H19N3O3S. The van der Waals surface area contributed by atoms with Gasteiger partial charge in [-0.05, 0) is 30.7 Å². The van der Waals surface area contributed by atoms with Gasteiger partial charge >= 0.3 is 5.97 Å². The van der Waals surface area contributed by atoms with Crippen molar-refractivity contribution in [2.24, 2.45) is 10.9 Å². The van der Waals surface area contributed by atoms with Crippen molar-refractivity contribution in [3.05, 3.63) is 29.1 Å². The molecule has 0 aliphatic carbocycles. The number of nitrogens with one attached hydrogen (secondary N) is 1. The molecule has 0 radical (unpaired) electrons. The topological polar surface area (TPSA) is 91.7 Å². The van der Waals surface area contributed by atoms with Crippen LogP contribution < -0.4 is 5.32 Å². The maximum absolute atomic E-state index is 12.2. The van der Waals surface area contributed by atoms with Gasteiger partial charge in [-0.2, -0.15) is 11.8 Å². The van der Waals surface area contributed by atoms with Crippen molar-refractivity contribution in [3.63, 3.8) is 0 Å².